The molecule has 1 fully saturated rings. The van der Waals surface area contributed by atoms with Crippen molar-refractivity contribution in [3.05, 3.63) is 58.1 Å². The number of hydrogen-bond acceptors (Lipinski definition) is 7. The van der Waals surface area contributed by atoms with Gasteiger partial charge in [0.1, 0.15) is 0 Å². The van der Waals surface area contributed by atoms with Crippen molar-refractivity contribution >= 4 is 33.0 Å². The van der Waals surface area contributed by atoms with Gasteiger partial charge in [0.25, 0.3) is 11.6 Å². The van der Waals surface area contributed by atoms with Gasteiger partial charge in [-0.05, 0) is 37.3 Å². The largest absolute Gasteiger partial charge is 0.384 e. The number of non-ortho nitro benzene ring substituents is 1. The lowest BCUT2D eigenvalue weighted by molar-refractivity contribution is -0.384. The first-order valence-electron chi connectivity index (χ1n) is 9.34. The number of nitrogens with one attached hydrogen (secondary N) is 2. The van der Waals surface area contributed by atoms with E-state index in [4.69, 9.17) is 4.74 Å². The van der Waals surface area contributed by atoms with E-state index in [1.54, 1.807) is 6.07 Å². The van der Waals surface area contributed by atoms with Crippen LogP contribution < -0.4 is 10.6 Å². The fraction of sp³-hybridized carbons (Fsp3) is 0.316. The van der Waals surface area contributed by atoms with Crippen molar-refractivity contribution in [3.63, 3.8) is 0 Å². The second-order valence-corrected chi connectivity index (χ2v) is 8.45. The Morgan fingerprint density at radius 3 is 2.40 bits per heavy atom. The van der Waals surface area contributed by atoms with E-state index in [0.717, 1.165) is 0 Å². The number of nitro groups is 1. The van der Waals surface area contributed by atoms with Gasteiger partial charge in [-0.3, -0.25) is 14.9 Å². The molecular weight excluding hydrogens is 412 g/mol. The van der Waals surface area contributed by atoms with E-state index >= 15 is 0 Å². The number of morpholine rings is 1. The van der Waals surface area contributed by atoms with Gasteiger partial charge in [0.15, 0.2) is 0 Å². The molecule has 1 heterocycles. The van der Waals surface area contributed by atoms with E-state index in [9.17, 15) is 23.3 Å². The highest BCUT2D eigenvalue weighted by Gasteiger charge is 2.27. The van der Waals surface area contributed by atoms with E-state index in [1.165, 1.54) is 40.7 Å². The predicted molar refractivity (Wildman–Crippen MR) is 111 cm³/mol. The SMILES string of the molecule is CCNc1ccc(S(=O)(=O)N2CCOCC2)cc1NC(=O)c1ccc([N+](=O)[O-])cc1. The van der Waals surface area contributed by atoms with E-state index in [2.05, 4.69) is 10.6 Å². The molecule has 0 spiro atoms. The second kappa shape index (κ2) is 9.20. The van der Waals surface area contributed by atoms with Crippen LogP contribution in [0.25, 0.3) is 0 Å². The molecule has 1 saturated heterocycles. The Labute approximate surface area is 174 Å². The monoisotopic (exact) mass is 434 g/mol. The standard InChI is InChI=1S/C19H22N4O6S/c1-2-20-17-8-7-16(30(27,28)22-9-11-29-12-10-22)13-18(17)21-19(24)14-3-5-15(6-4-14)23(25)26/h3-8,13,20H,2,9-12H2,1H3,(H,21,24). The molecular formula is C19H22N4O6S. The lowest BCUT2D eigenvalue weighted by Crippen LogP contribution is -2.40. The second-order valence-electron chi connectivity index (χ2n) is 6.51. The molecule has 11 heteroatoms. The highest BCUT2D eigenvalue weighted by Crippen LogP contribution is 2.28. The number of anilines is 2. The van der Waals surface area contributed by atoms with E-state index in [-0.39, 0.29) is 29.2 Å². The van der Waals surface area contributed by atoms with Gasteiger partial charge in [-0.25, -0.2) is 8.42 Å². The lowest BCUT2D eigenvalue weighted by atomic mass is 10.2. The van der Waals surface area contributed by atoms with Crippen LogP contribution in [0.2, 0.25) is 0 Å². The van der Waals surface area contributed by atoms with Gasteiger partial charge in [0.2, 0.25) is 10.0 Å². The first-order valence-corrected chi connectivity index (χ1v) is 10.8. The average molecular weight is 434 g/mol. The van der Waals surface area contributed by atoms with Crippen LogP contribution in [0.15, 0.2) is 47.4 Å². The van der Waals surface area contributed by atoms with Crippen molar-refractivity contribution in [2.24, 2.45) is 0 Å². The van der Waals surface area contributed by atoms with E-state index in [1.807, 2.05) is 6.92 Å². The summed E-state index contributed by atoms with van der Waals surface area (Å²) in [4.78, 5) is 22.9. The zero-order valence-corrected chi connectivity index (χ0v) is 17.1. The minimum absolute atomic E-state index is 0.0602. The average Bonchev–Trinajstić information content (AvgIpc) is 2.75. The van der Waals surface area contributed by atoms with Crippen molar-refractivity contribution in [3.8, 4) is 0 Å². The van der Waals surface area contributed by atoms with Crippen LogP contribution in [0.3, 0.4) is 0 Å². The molecule has 0 aliphatic carbocycles. The van der Waals surface area contributed by atoms with Crippen LogP contribution in [0.5, 0.6) is 0 Å². The number of carbonyl (C=O) groups excluding carboxylic acids is 1. The third kappa shape index (κ3) is 4.75. The highest BCUT2D eigenvalue weighted by molar-refractivity contribution is 7.89. The Balaban J connectivity index is 1.89. The number of hydrogen-bond donors (Lipinski definition) is 2. The number of carbonyl (C=O) groups is 1. The molecule has 1 aliphatic heterocycles. The summed E-state index contributed by atoms with van der Waals surface area (Å²) < 4.78 is 32.4. The quantitative estimate of drug-likeness (QED) is 0.505. The lowest BCUT2D eigenvalue weighted by Gasteiger charge is -2.26. The summed E-state index contributed by atoms with van der Waals surface area (Å²) in [6.45, 7) is 3.64. The number of nitrogens with zero attached hydrogens (tertiary/aromatic N) is 2. The molecule has 30 heavy (non-hydrogen) atoms. The van der Waals surface area contributed by atoms with Crippen LogP contribution >= 0.6 is 0 Å². The molecule has 2 aromatic rings. The summed E-state index contributed by atoms with van der Waals surface area (Å²) in [6, 6.07) is 9.65. The maximum Gasteiger partial charge on any atom is 0.269 e. The number of benzene rings is 2. The van der Waals surface area contributed by atoms with Crippen LogP contribution in [0.1, 0.15) is 17.3 Å². The van der Waals surface area contributed by atoms with E-state index in [0.29, 0.717) is 31.1 Å². The van der Waals surface area contributed by atoms with Crippen molar-refractivity contribution in [1.29, 1.82) is 0 Å². The third-order valence-electron chi connectivity index (χ3n) is 4.55. The van der Waals surface area contributed by atoms with Gasteiger partial charge in [-0.15, -0.1) is 0 Å². The van der Waals surface area contributed by atoms with Crippen LogP contribution in [0, 0.1) is 10.1 Å². The molecule has 2 aromatic carbocycles. The van der Waals surface area contributed by atoms with Crippen LogP contribution in [-0.2, 0) is 14.8 Å². The van der Waals surface area contributed by atoms with Gasteiger partial charge in [-0.1, -0.05) is 0 Å². The molecule has 0 unspecified atom stereocenters. The molecule has 1 aliphatic rings. The first kappa shape index (κ1) is 21.7. The zero-order valence-electron chi connectivity index (χ0n) is 16.3. The molecule has 0 atom stereocenters. The normalized spacial score (nSPS) is 14.8. The van der Waals surface area contributed by atoms with Gasteiger partial charge >= 0.3 is 0 Å². The Kier molecular flexibility index (Phi) is 6.65. The smallest absolute Gasteiger partial charge is 0.269 e. The summed E-state index contributed by atoms with van der Waals surface area (Å²) >= 11 is 0. The molecule has 0 bridgehead atoms. The molecule has 160 valence electrons. The fourth-order valence-electron chi connectivity index (χ4n) is 3.00. The summed E-state index contributed by atoms with van der Waals surface area (Å²) in [6.07, 6.45) is 0. The topological polar surface area (TPSA) is 131 Å². The Bertz CT molecular complexity index is 1030. The van der Waals surface area contributed by atoms with Gasteiger partial charge in [-0.2, -0.15) is 4.31 Å². The fourth-order valence-corrected chi connectivity index (χ4v) is 4.43. The molecule has 2 N–H and O–H groups in total. The maximum absolute atomic E-state index is 12.9. The Hall–Kier alpha value is -3.02. The minimum Gasteiger partial charge on any atom is -0.384 e. The van der Waals surface area contributed by atoms with Gasteiger partial charge < -0.3 is 15.4 Å². The summed E-state index contributed by atoms with van der Waals surface area (Å²) in [5.74, 6) is -0.509. The summed E-state index contributed by atoms with van der Waals surface area (Å²) in [7, 11) is -3.73. The zero-order chi connectivity index (χ0) is 21.7. The summed E-state index contributed by atoms with van der Waals surface area (Å²) in [5, 5.41) is 16.6. The maximum atomic E-state index is 12.9. The van der Waals surface area contributed by atoms with Gasteiger partial charge in [0.05, 0.1) is 34.4 Å². The molecule has 0 aromatic heterocycles. The van der Waals surface area contributed by atoms with Crippen LogP contribution in [-0.4, -0.2) is 56.4 Å². The molecule has 1 amide bonds. The molecule has 0 saturated carbocycles. The number of rotatable bonds is 7. The van der Waals surface area contributed by atoms with Crippen molar-refractivity contribution < 1.29 is 22.9 Å². The molecule has 3 rings (SSSR count). The first-order chi connectivity index (χ1) is 14.3. The number of nitro benzene ring substituents is 1. The number of sulfonamides is 1. The highest BCUT2D eigenvalue weighted by atomic mass is 32.2. The van der Waals surface area contributed by atoms with E-state index < -0.39 is 20.9 Å². The Morgan fingerprint density at radius 1 is 1.13 bits per heavy atom. The molecule has 10 nitrogen and oxygen atoms in total. The van der Waals surface area contributed by atoms with Gasteiger partial charge in [0, 0.05) is 37.3 Å². The number of ether oxygens (including phenoxy) is 1. The van der Waals surface area contributed by atoms with Crippen molar-refractivity contribution in [1.82, 2.24) is 4.31 Å². The Morgan fingerprint density at radius 2 is 1.80 bits per heavy atom. The number of amides is 1. The van der Waals surface area contributed by atoms with Crippen molar-refractivity contribution in [2.45, 2.75) is 11.8 Å². The predicted octanol–water partition coefficient (Wildman–Crippen LogP) is 2.30. The van der Waals surface area contributed by atoms with Crippen molar-refractivity contribution in [2.75, 3.05) is 43.5 Å². The molecule has 0 radical (unpaired) electrons. The third-order valence-corrected chi connectivity index (χ3v) is 6.45. The summed E-state index contributed by atoms with van der Waals surface area (Å²) in [5.41, 5.74) is 0.950. The van der Waals surface area contributed by atoms with Crippen LogP contribution in [0.4, 0.5) is 17.1 Å². The minimum atomic E-state index is -3.73.